The molecular weight excluding hydrogens is 403 g/mol. The second-order valence-electron chi connectivity index (χ2n) is 6.17. The second-order valence-corrected chi connectivity index (χ2v) is 7.06. The van der Waals surface area contributed by atoms with Gasteiger partial charge in [-0.05, 0) is 29.8 Å². The van der Waals surface area contributed by atoms with Crippen molar-refractivity contribution in [3.05, 3.63) is 80.9 Å². The summed E-state index contributed by atoms with van der Waals surface area (Å²) in [5, 5.41) is 3.02. The second kappa shape index (κ2) is 7.17. The molecule has 0 aliphatic heterocycles. The van der Waals surface area contributed by atoms with Crippen LogP contribution in [0, 0.1) is 0 Å². The number of carbonyl (C=O) groups is 1. The molecule has 0 saturated carbocycles. The number of hydrogen-bond acceptors (Lipinski definition) is 4. The van der Waals surface area contributed by atoms with Crippen molar-refractivity contribution in [2.24, 2.45) is 0 Å². The largest absolute Gasteiger partial charge is 0.416 e. The molecule has 2 aromatic carbocycles. The Kier molecular flexibility index (Phi) is 4.67. The maximum absolute atomic E-state index is 13.0. The standard InChI is InChI=1S/C20H12F3N3O2S/c21-20(22,23)12-4-1-3-11(7-12)15-8-16(27)13-5-2-6-14(18(13)25-15)26-19(28)17-9-24-10-29-17/h1-10H,(H,25,27)(H,26,28). The average Bonchev–Trinajstić information content (AvgIpc) is 3.23. The van der Waals surface area contributed by atoms with Gasteiger partial charge in [-0.15, -0.1) is 11.3 Å². The van der Waals surface area contributed by atoms with Crippen LogP contribution in [0.25, 0.3) is 22.2 Å². The lowest BCUT2D eigenvalue weighted by Gasteiger charge is -2.12. The highest BCUT2D eigenvalue weighted by Crippen LogP contribution is 2.32. The van der Waals surface area contributed by atoms with Gasteiger partial charge in [0.2, 0.25) is 0 Å². The van der Waals surface area contributed by atoms with Crippen LogP contribution in [0.1, 0.15) is 15.2 Å². The zero-order valence-electron chi connectivity index (χ0n) is 14.6. The number of aromatic nitrogens is 2. The van der Waals surface area contributed by atoms with E-state index < -0.39 is 17.6 Å². The highest BCUT2D eigenvalue weighted by atomic mass is 32.1. The van der Waals surface area contributed by atoms with E-state index in [4.69, 9.17) is 0 Å². The minimum absolute atomic E-state index is 0.211. The molecule has 2 heterocycles. The molecule has 0 radical (unpaired) electrons. The predicted molar refractivity (Wildman–Crippen MR) is 105 cm³/mol. The lowest BCUT2D eigenvalue weighted by atomic mass is 10.1. The van der Waals surface area contributed by atoms with E-state index in [1.807, 2.05) is 0 Å². The molecule has 0 saturated heterocycles. The van der Waals surface area contributed by atoms with Gasteiger partial charge in [-0.25, -0.2) is 0 Å². The Morgan fingerprint density at radius 3 is 2.62 bits per heavy atom. The molecule has 9 heteroatoms. The highest BCUT2D eigenvalue weighted by Gasteiger charge is 2.30. The molecule has 0 atom stereocenters. The fourth-order valence-corrected chi connectivity index (χ4v) is 3.42. The van der Waals surface area contributed by atoms with E-state index in [0.717, 1.165) is 23.5 Å². The third-order valence-corrected chi connectivity index (χ3v) is 5.04. The van der Waals surface area contributed by atoms with E-state index >= 15 is 0 Å². The van der Waals surface area contributed by atoms with Gasteiger partial charge in [-0.1, -0.05) is 18.2 Å². The molecule has 2 N–H and O–H groups in total. The van der Waals surface area contributed by atoms with Crippen LogP contribution in [0.5, 0.6) is 0 Å². The zero-order valence-corrected chi connectivity index (χ0v) is 15.4. The molecule has 0 aliphatic carbocycles. The van der Waals surface area contributed by atoms with E-state index in [-0.39, 0.29) is 16.7 Å². The summed E-state index contributed by atoms with van der Waals surface area (Å²) < 4.78 is 39.1. The predicted octanol–water partition coefficient (Wildman–Crippen LogP) is 4.92. The van der Waals surface area contributed by atoms with Crippen molar-refractivity contribution < 1.29 is 18.0 Å². The molecular formula is C20H12F3N3O2S. The van der Waals surface area contributed by atoms with Crippen LogP contribution in [0.15, 0.2) is 65.0 Å². The van der Waals surface area contributed by atoms with Crippen LogP contribution in [-0.2, 0) is 6.18 Å². The number of fused-ring (bicyclic) bond motifs is 1. The third-order valence-electron chi connectivity index (χ3n) is 4.27. The van der Waals surface area contributed by atoms with Gasteiger partial charge in [-0.2, -0.15) is 13.2 Å². The Balaban J connectivity index is 1.82. The Morgan fingerprint density at radius 2 is 1.90 bits per heavy atom. The minimum atomic E-state index is -4.50. The third kappa shape index (κ3) is 3.77. The number of rotatable bonds is 3. The molecule has 0 spiro atoms. The molecule has 0 bridgehead atoms. The van der Waals surface area contributed by atoms with E-state index in [1.165, 1.54) is 29.9 Å². The van der Waals surface area contributed by atoms with Crippen molar-refractivity contribution in [3.63, 3.8) is 0 Å². The number of pyridine rings is 1. The smallest absolute Gasteiger partial charge is 0.353 e. The number of halogens is 3. The lowest BCUT2D eigenvalue weighted by Crippen LogP contribution is -2.12. The van der Waals surface area contributed by atoms with Crippen molar-refractivity contribution in [2.45, 2.75) is 6.18 Å². The summed E-state index contributed by atoms with van der Waals surface area (Å²) in [4.78, 5) is 32.1. The molecule has 0 fully saturated rings. The number of anilines is 1. The summed E-state index contributed by atoms with van der Waals surface area (Å²) in [6.45, 7) is 0. The van der Waals surface area contributed by atoms with Gasteiger partial charge in [0.05, 0.1) is 28.5 Å². The molecule has 4 rings (SSSR count). The van der Waals surface area contributed by atoms with Crippen LogP contribution in [0.3, 0.4) is 0 Å². The average molecular weight is 415 g/mol. The summed E-state index contributed by atoms with van der Waals surface area (Å²) in [7, 11) is 0. The monoisotopic (exact) mass is 415 g/mol. The lowest BCUT2D eigenvalue weighted by molar-refractivity contribution is -0.137. The first-order valence-electron chi connectivity index (χ1n) is 8.36. The number of alkyl halides is 3. The molecule has 4 aromatic rings. The number of hydrogen-bond donors (Lipinski definition) is 2. The highest BCUT2D eigenvalue weighted by molar-refractivity contribution is 7.11. The Labute approximate surface area is 165 Å². The summed E-state index contributed by atoms with van der Waals surface area (Å²) in [6, 6.07) is 10.7. The molecule has 1 amide bonds. The normalized spacial score (nSPS) is 11.6. The van der Waals surface area contributed by atoms with Crippen LogP contribution < -0.4 is 10.7 Å². The van der Waals surface area contributed by atoms with Gasteiger partial charge < -0.3 is 10.3 Å². The Hall–Kier alpha value is -3.46. The summed E-state index contributed by atoms with van der Waals surface area (Å²) in [5.41, 5.74) is 1.42. The van der Waals surface area contributed by atoms with Crippen molar-refractivity contribution in [2.75, 3.05) is 5.32 Å². The Bertz CT molecular complexity index is 1260. The quantitative estimate of drug-likeness (QED) is 0.499. The van der Waals surface area contributed by atoms with Crippen LogP contribution in [0.4, 0.5) is 18.9 Å². The number of aromatic amines is 1. The van der Waals surface area contributed by atoms with E-state index in [0.29, 0.717) is 21.5 Å². The molecule has 2 aromatic heterocycles. The maximum Gasteiger partial charge on any atom is 0.416 e. The van der Waals surface area contributed by atoms with Crippen LogP contribution in [-0.4, -0.2) is 15.9 Å². The SMILES string of the molecule is O=C(Nc1cccc2c(=O)cc(-c3cccc(C(F)(F)F)c3)[nH]c12)c1cncs1. The van der Waals surface area contributed by atoms with Crippen molar-refractivity contribution >= 4 is 33.8 Å². The number of amides is 1. The molecule has 146 valence electrons. The van der Waals surface area contributed by atoms with Crippen molar-refractivity contribution in [1.82, 2.24) is 9.97 Å². The fraction of sp³-hybridized carbons (Fsp3) is 0.0500. The van der Waals surface area contributed by atoms with E-state index in [2.05, 4.69) is 15.3 Å². The maximum atomic E-state index is 13.0. The number of nitrogens with zero attached hydrogens (tertiary/aromatic N) is 1. The number of H-pyrrole nitrogens is 1. The first-order chi connectivity index (χ1) is 13.8. The summed E-state index contributed by atoms with van der Waals surface area (Å²) in [5.74, 6) is -0.398. The first kappa shape index (κ1) is 18.9. The topological polar surface area (TPSA) is 74.8 Å². The van der Waals surface area contributed by atoms with Gasteiger partial charge in [-0.3, -0.25) is 14.6 Å². The van der Waals surface area contributed by atoms with Gasteiger partial charge in [0.1, 0.15) is 4.88 Å². The summed E-state index contributed by atoms with van der Waals surface area (Å²) in [6.07, 6.45) is -3.08. The van der Waals surface area contributed by atoms with Crippen molar-refractivity contribution in [1.29, 1.82) is 0 Å². The first-order valence-corrected chi connectivity index (χ1v) is 9.24. The number of para-hydroxylation sites is 1. The van der Waals surface area contributed by atoms with Crippen LogP contribution >= 0.6 is 11.3 Å². The number of benzene rings is 2. The summed E-state index contributed by atoms with van der Waals surface area (Å²) >= 11 is 1.16. The minimum Gasteiger partial charge on any atom is -0.353 e. The molecule has 5 nitrogen and oxygen atoms in total. The van der Waals surface area contributed by atoms with Gasteiger partial charge in [0.25, 0.3) is 5.91 Å². The van der Waals surface area contributed by atoms with E-state index in [9.17, 15) is 22.8 Å². The zero-order chi connectivity index (χ0) is 20.6. The van der Waals surface area contributed by atoms with Gasteiger partial charge in [0.15, 0.2) is 5.43 Å². The molecule has 29 heavy (non-hydrogen) atoms. The number of carbonyl (C=O) groups excluding carboxylic acids is 1. The van der Waals surface area contributed by atoms with E-state index in [1.54, 1.807) is 18.2 Å². The fourth-order valence-electron chi connectivity index (χ4n) is 2.91. The Morgan fingerprint density at radius 1 is 1.10 bits per heavy atom. The number of nitrogens with one attached hydrogen (secondary N) is 2. The molecule has 0 unspecified atom stereocenters. The van der Waals surface area contributed by atoms with Gasteiger partial charge in [0, 0.05) is 17.1 Å². The van der Waals surface area contributed by atoms with Crippen LogP contribution in [0.2, 0.25) is 0 Å². The van der Waals surface area contributed by atoms with Gasteiger partial charge >= 0.3 is 6.18 Å². The molecule has 0 aliphatic rings. The van der Waals surface area contributed by atoms with Crippen molar-refractivity contribution in [3.8, 4) is 11.3 Å². The number of thiazole rings is 1.